The second kappa shape index (κ2) is 6.03. The zero-order valence-electron chi connectivity index (χ0n) is 13.6. The average Bonchev–Trinajstić information content (AvgIpc) is 3.47. The van der Waals surface area contributed by atoms with Crippen LogP contribution < -0.4 is 9.47 Å². The third-order valence-electron chi connectivity index (χ3n) is 4.44. The summed E-state index contributed by atoms with van der Waals surface area (Å²) in [5, 5.41) is 8.01. The van der Waals surface area contributed by atoms with Gasteiger partial charge in [-0.1, -0.05) is 12.1 Å². The first-order chi connectivity index (χ1) is 12.8. The Kier molecular flexibility index (Phi) is 3.53. The molecule has 1 amide bonds. The molecule has 1 atom stereocenters. The molecule has 2 aliphatic heterocycles. The summed E-state index contributed by atoms with van der Waals surface area (Å²) in [6, 6.07) is 12.9. The SMILES string of the molecule is O=C(c1cccs1)N1N=C(c2ccco2)C[C@H]1c1ccc2c(c1)OCO2. The summed E-state index contributed by atoms with van der Waals surface area (Å²) in [5.41, 5.74) is 1.70. The van der Waals surface area contributed by atoms with Gasteiger partial charge in [-0.15, -0.1) is 11.3 Å². The van der Waals surface area contributed by atoms with E-state index in [9.17, 15) is 4.79 Å². The lowest BCUT2D eigenvalue weighted by Gasteiger charge is -2.21. The second-order valence-electron chi connectivity index (χ2n) is 5.98. The standard InChI is InChI=1S/C19H14N2O4S/c22-19(18-4-2-8-26-18)21-14(10-13(20-21)15-3-1-7-23-15)12-5-6-16-17(9-12)25-11-24-16/h1-9,14H,10-11H2/t14-/m0/s1. The van der Waals surface area contributed by atoms with Gasteiger partial charge in [0.05, 0.1) is 17.2 Å². The summed E-state index contributed by atoms with van der Waals surface area (Å²) >= 11 is 1.41. The van der Waals surface area contributed by atoms with Gasteiger partial charge < -0.3 is 13.9 Å². The van der Waals surface area contributed by atoms with Crippen molar-refractivity contribution in [3.8, 4) is 11.5 Å². The number of nitrogens with zero attached hydrogens (tertiary/aromatic N) is 2. The zero-order valence-corrected chi connectivity index (χ0v) is 14.4. The normalized spacial score (nSPS) is 18.2. The maximum Gasteiger partial charge on any atom is 0.284 e. The van der Waals surface area contributed by atoms with Crippen LogP contribution in [0.3, 0.4) is 0 Å². The Hall–Kier alpha value is -3.06. The topological polar surface area (TPSA) is 64.3 Å². The molecular formula is C19H14N2O4S. The van der Waals surface area contributed by atoms with Crippen LogP contribution in [0.2, 0.25) is 0 Å². The number of benzene rings is 1. The van der Waals surface area contributed by atoms with Crippen LogP contribution in [0, 0.1) is 0 Å². The minimum Gasteiger partial charge on any atom is -0.463 e. The molecule has 0 N–H and O–H groups in total. The summed E-state index contributed by atoms with van der Waals surface area (Å²) in [4.78, 5) is 13.6. The number of furan rings is 1. The van der Waals surface area contributed by atoms with Crippen LogP contribution >= 0.6 is 11.3 Å². The number of fused-ring (bicyclic) bond motifs is 1. The molecule has 0 unspecified atom stereocenters. The predicted octanol–water partition coefficient (Wildman–Crippen LogP) is 4.06. The highest BCUT2D eigenvalue weighted by Gasteiger charge is 2.35. The lowest BCUT2D eigenvalue weighted by atomic mass is 10.0. The van der Waals surface area contributed by atoms with Crippen LogP contribution in [0.5, 0.6) is 11.5 Å². The van der Waals surface area contributed by atoms with Gasteiger partial charge in [-0.25, -0.2) is 5.01 Å². The second-order valence-corrected chi connectivity index (χ2v) is 6.93. The first kappa shape index (κ1) is 15.2. The van der Waals surface area contributed by atoms with E-state index < -0.39 is 0 Å². The highest BCUT2D eigenvalue weighted by molar-refractivity contribution is 7.12. The fraction of sp³-hybridized carbons (Fsp3) is 0.158. The third kappa shape index (κ3) is 2.48. The fourth-order valence-corrected chi connectivity index (χ4v) is 3.84. The molecule has 130 valence electrons. The molecule has 26 heavy (non-hydrogen) atoms. The molecule has 2 aliphatic rings. The molecule has 0 bridgehead atoms. The summed E-state index contributed by atoms with van der Waals surface area (Å²) in [7, 11) is 0. The number of hydrazone groups is 1. The molecule has 0 radical (unpaired) electrons. The Balaban J connectivity index is 1.53. The van der Waals surface area contributed by atoms with Crippen molar-refractivity contribution in [2.24, 2.45) is 5.10 Å². The van der Waals surface area contributed by atoms with Crippen molar-refractivity contribution >= 4 is 23.0 Å². The maximum atomic E-state index is 13.0. The van der Waals surface area contributed by atoms with E-state index in [-0.39, 0.29) is 18.7 Å². The van der Waals surface area contributed by atoms with Gasteiger partial charge in [-0.2, -0.15) is 5.10 Å². The molecule has 5 rings (SSSR count). The molecule has 6 nitrogen and oxygen atoms in total. The zero-order chi connectivity index (χ0) is 17.5. The number of carbonyl (C=O) groups excluding carboxylic acids is 1. The number of rotatable bonds is 3. The van der Waals surface area contributed by atoms with Crippen LogP contribution in [0.25, 0.3) is 0 Å². The van der Waals surface area contributed by atoms with Crippen molar-refractivity contribution in [1.29, 1.82) is 0 Å². The van der Waals surface area contributed by atoms with Gasteiger partial charge >= 0.3 is 0 Å². The van der Waals surface area contributed by atoms with E-state index in [2.05, 4.69) is 5.10 Å². The molecule has 3 aromatic rings. The van der Waals surface area contributed by atoms with Crippen molar-refractivity contribution in [1.82, 2.24) is 5.01 Å². The molecule has 0 spiro atoms. The largest absolute Gasteiger partial charge is 0.463 e. The van der Waals surface area contributed by atoms with Gasteiger partial charge in [0.2, 0.25) is 6.79 Å². The summed E-state index contributed by atoms with van der Waals surface area (Å²) in [5.74, 6) is 1.97. The van der Waals surface area contributed by atoms with E-state index in [1.165, 1.54) is 11.3 Å². The average molecular weight is 366 g/mol. The van der Waals surface area contributed by atoms with Crippen LogP contribution in [0.4, 0.5) is 0 Å². The fourth-order valence-electron chi connectivity index (χ4n) is 3.18. The molecule has 0 saturated heterocycles. The number of hydrogen-bond donors (Lipinski definition) is 0. The highest BCUT2D eigenvalue weighted by atomic mass is 32.1. The van der Waals surface area contributed by atoms with E-state index in [4.69, 9.17) is 13.9 Å². The molecule has 0 fully saturated rings. The molecule has 0 saturated carbocycles. The monoisotopic (exact) mass is 366 g/mol. The van der Waals surface area contributed by atoms with Gasteiger partial charge in [-0.05, 0) is 41.3 Å². The first-order valence-electron chi connectivity index (χ1n) is 8.17. The van der Waals surface area contributed by atoms with Gasteiger partial charge in [0.25, 0.3) is 5.91 Å². The Bertz CT molecular complexity index is 979. The Morgan fingerprint density at radius 1 is 1.15 bits per heavy atom. The summed E-state index contributed by atoms with van der Waals surface area (Å²) < 4.78 is 16.4. The van der Waals surface area contributed by atoms with E-state index in [1.807, 2.05) is 47.8 Å². The molecule has 7 heteroatoms. The van der Waals surface area contributed by atoms with Crippen molar-refractivity contribution in [2.75, 3.05) is 6.79 Å². The van der Waals surface area contributed by atoms with Crippen LogP contribution in [0.15, 0.2) is 63.6 Å². The number of hydrogen-bond acceptors (Lipinski definition) is 6. The summed E-state index contributed by atoms with van der Waals surface area (Å²) in [6.07, 6.45) is 2.18. The molecular weight excluding hydrogens is 352 g/mol. The quantitative estimate of drug-likeness (QED) is 0.701. The molecule has 2 aromatic heterocycles. The molecule has 1 aromatic carbocycles. The smallest absolute Gasteiger partial charge is 0.284 e. The summed E-state index contributed by atoms with van der Waals surface area (Å²) in [6.45, 7) is 0.218. The Morgan fingerprint density at radius 2 is 2.08 bits per heavy atom. The van der Waals surface area contributed by atoms with Gasteiger partial charge in [0.1, 0.15) is 11.5 Å². The molecule has 4 heterocycles. The van der Waals surface area contributed by atoms with Crippen molar-refractivity contribution in [3.05, 3.63) is 70.3 Å². The van der Waals surface area contributed by atoms with Gasteiger partial charge in [0, 0.05) is 6.42 Å². The van der Waals surface area contributed by atoms with Crippen molar-refractivity contribution in [2.45, 2.75) is 12.5 Å². The van der Waals surface area contributed by atoms with E-state index in [0.717, 1.165) is 17.0 Å². The number of ether oxygens (including phenoxy) is 2. The Morgan fingerprint density at radius 3 is 2.88 bits per heavy atom. The van der Waals surface area contributed by atoms with Gasteiger partial charge in [0.15, 0.2) is 11.5 Å². The van der Waals surface area contributed by atoms with E-state index >= 15 is 0 Å². The third-order valence-corrected chi connectivity index (χ3v) is 5.30. The molecule has 0 aliphatic carbocycles. The maximum absolute atomic E-state index is 13.0. The number of amides is 1. The van der Waals surface area contributed by atoms with E-state index in [1.54, 1.807) is 11.3 Å². The van der Waals surface area contributed by atoms with Crippen molar-refractivity contribution in [3.63, 3.8) is 0 Å². The number of thiophene rings is 1. The van der Waals surface area contributed by atoms with Gasteiger partial charge in [-0.3, -0.25) is 4.79 Å². The number of carbonyl (C=O) groups is 1. The minimum absolute atomic E-state index is 0.121. The van der Waals surface area contributed by atoms with E-state index in [0.29, 0.717) is 22.8 Å². The van der Waals surface area contributed by atoms with Crippen molar-refractivity contribution < 1.29 is 18.7 Å². The first-order valence-corrected chi connectivity index (χ1v) is 9.05. The van der Waals surface area contributed by atoms with Crippen LogP contribution in [0.1, 0.15) is 33.5 Å². The lowest BCUT2D eigenvalue weighted by molar-refractivity contribution is 0.0716. The van der Waals surface area contributed by atoms with Crippen LogP contribution in [-0.4, -0.2) is 23.4 Å². The Labute approximate surface area is 153 Å². The lowest BCUT2D eigenvalue weighted by Crippen LogP contribution is -2.26. The predicted molar refractivity (Wildman–Crippen MR) is 95.7 cm³/mol. The minimum atomic E-state index is -0.223. The van der Waals surface area contributed by atoms with Crippen LogP contribution in [-0.2, 0) is 0 Å². The highest BCUT2D eigenvalue weighted by Crippen LogP contribution is 2.39.